The van der Waals surface area contributed by atoms with E-state index in [1.165, 1.54) is 0 Å². The monoisotopic (exact) mass is 448 g/mol. The van der Waals surface area contributed by atoms with E-state index in [2.05, 4.69) is 29.4 Å². The maximum Gasteiger partial charge on any atom is 0.321 e. The van der Waals surface area contributed by atoms with Gasteiger partial charge in [0, 0.05) is 44.9 Å². The molecule has 1 aromatic rings. The number of nitrogens with zero attached hydrogens (tertiary/aromatic N) is 2. The van der Waals surface area contributed by atoms with Crippen molar-refractivity contribution in [3.8, 4) is 0 Å². The van der Waals surface area contributed by atoms with Crippen LogP contribution in [0.5, 0.6) is 0 Å². The first kappa shape index (κ1) is 26.1. The van der Waals surface area contributed by atoms with Crippen molar-refractivity contribution in [1.29, 1.82) is 0 Å². The largest absolute Gasteiger partial charge is 0.382 e. The van der Waals surface area contributed by atoms with Crippen molar-refractivity contribution >= 4 is 17.6 Å². The summed E-state index contributed by atoms with van der Waals surface area (Å²) >= 11 is 0. The molecule has 0 aliphatic carbocycles. The van der Waals surface area contributed by atoms with E-state index >= 15 is 0 Å². The lowest BCUT2D eigenvalue weighted by Crippen LogP contribution is -2.46. The predicted octanol–water partition coefficient (Wildman–Crippen LogP) is 2.80. The number of rotatable bonds is 11. The molecule has 1 aromatic carbocycles. The van der Waals surface area contributed by atoms with Gasteiger partial charge in [-0.1, -0.05) is 26.0 Å². The fourth-order valence-corrected chi connectivity index (χ4v) is 4.00. The average Bonchev–Trinajstić information content (AvgIpc) is 2.74. The number of benzene rings is 1. The summed E-state index contributed by atoms with van der Waals surface area (Å²) in [5.74, 6) is 0.0554. The smallest absolute Gasteiger partial charge is 0.321 e. The summed E-state index contributed by atoms with van der Waals surface area (Å²) in [5.41, 5.74) is 1.75. The molecule has 180 valence electrons. The minimum absolute atomic E-state index is 0.0170. The number of ether oxygens (including phenoxy) is 2. The third-order valence-corrected chi connectivity index (χ3v) is 5.52. The maximum atomic E-state index is 12.7. The number of likely N-dealkylation sites (tertiary alicyclic amines) is 1. The number of carbonyl (C=O) groups excluding carboxylic acids is 2. The lowest BCUT2D eigenvalue weighted by atomic mass is 9.91. The summed E-state index contributed by atoms with van der Waals surface area (Å²) in [6.07, 6.45) is 1.36. The van der Waals surface area contributed by atoms with E-state index in [1.807, 2.05) is 38.4 Å². The number of carbonyl (C=O) groups is 2. The molecule has 0 bridgehead atoms. The van der Waals surface area contributed by atoms with Crippen LogP contribution < -0.4 is 10.6 Å². The molecule has 1 saturated heterocycles. The molecule has 0 atom stereocenters. The Morgan fingerprint density at radius 3 is 2.56 bits per heavy atom. The average molecular weight is 449 g/mol. The van der Waals surface area contributed by atoms with Crippen LogP contribution in [0.25, 0.3) is 0 Å². The zero-order chi connectivity index (χ0) is 23.6. The number of amides is 3. The van der Waals surface area contributed by atoms with Gasteiger partial charge in [0.2, 0.25) is 5.91 Å². The van der Waals surface area contributed by atoms with Crippen molar-refractivity contribution < 1.29 is 19.1 Å². The standard InChI is InChI=1S/C24H40N4O4/c1-24(2,18-27(3)4)17-25-22(29)20-9-11-28(12-10-20)23(30)26-21-8-6-7-19(15-21)16-32-14-13-31-5/h6-8,15,20H,9-14,16-18H2,1-5H3,(H,25,29)(H,26,30). The summed E-state index contributed by atoms with van der Waals surface area (Å²) in [5, 5.41) is 6.07. The minimum Gasteiger partial charge on any atom is -0.382 e. The molecule has 1 heterocycles. The number of hydrogen-bond acceptors (Lipinski definition) is 5. The SMILES string of the molecule is COCCOCc1cccc(NC(=O)N2CCC(C(=O)NCC(C)(C)CN(C)C)CC2)c1. The quantitative estimate of drug-likeness (QED) is 0.509. The van der Waals surface area contributed by atoms with Gasteiger partial charge in [0.05, 0.1) is 19.8 Å². The Morgan fingerprint density at radius 1 is 1.19 bits per heavy atom. The second-order valence-electron chi connectivity index (χ2n) is 9.56. The highest BCUT2D eigenvalue weighted by molar-refractivity contribution is 5.89. The summed E-state index contributed by atoms with van der Waals surface area (Å²) in [6.45, 7) is 8.57. The second-order valence-corrected chi connectivity index (χ2v) is 9.56. The molecule has 0 unspecified atom stereocenters. The Kier molecular flexibility index (Phi) is 10.4. The fourth-order valence-electron chi connectivity index (χ4n) is 4.00. The van der Waals surface area contributed by atoms with Gasteiger partial charge in [-0.3, -0.25) is 4.79 Å². The van der Waals surface area contributed by atoms with Crippen molar-refractivity contribution in [3.05, 3.63) is 29.8 Å². The van der Waals surface area contributed by atoms with Crippen molar-refractivity contribution in [3.63, 3.8) is 0 Å². The number of methoxy groups -OCH3 is 1. The van der Waals surface area contributed by atoms with Crippen LogP contribution in [0, 0.1) is 11.3 Å². The second kappa shape index (κ2) is 12.8. The molecule has 3 amide bonds. The minimum atomic E-state index is -0.131. The molecule has 0 saturated carbocycles. The van der Waals surface area contributed by atoms with Crippen LogP contribution in [0.2, 0.25) is 0 Å². The van der Waals surface area contributed by atoms with Crippen molar-refractivity contribution in [2.24, 2.45) is 11.3 Å². The zero-order valence-electron chi connectivity index (χ0n) is 20.3. The number of hydrogen-bond donors (Lipinski definition) is 2. The fraction of sp³-hybridized carbons (Fsp3) is 0.667. The van der Waals surface area contributed by atoms with Gasteiger partial charge in [0.25, 0.3) is 0 Å². The lowest BCUT2D eigenvalue weighted by molar-refractivity contribution is -0.126. The Morgan fingerprint density at radius 2 is 1.91 bits per heavy atom. The van der Waals surface area contributed by atoms with Gasteiger partial charge < -0.3 is 29.9 Å². The van der Waals surface area contributed by atoms with E-state index < -0.39 is 0 Å². The van der Waals surface area contributed by atoms with Crippen molar-refractivity contribution in [1.82, 2.24) is 15.1 Å². The van der Waals surface area contributed by atoms with Crippen LogP contribution in [0.1, 0.15) is 32.3 Å². The molecular weight excluding hydrogens is 408 g/mol. The van der Waals surface area contributed by atoms with Crippen molar-refractivity contribution in [2.75, 3.05) is 65.9 Å². The van der Waals surface area contributed by atoms with Gasteiger partial charge in [-0.05, 0) is 50.0 Å². The highest BCUT2D eigenvalue weighted by atomic mass is 16.5. The highest BCUT2D eigenvalue weighted by Gasteiger charge is 2.28. The van der Waals surface area contributed by atoms with Crippen LogP contribution in [0.4, 0.5) is 10.5 Å². The maximum absolute atomic E-state index is 12.7. The molecule has 2 rings (SSSR count). The number of piperidine rings is 1. The number of urea groups is 1. The van der Waals surface area contributed by atoms with Crippen molar-refractivity contribution in [2.45, 2.75) is 33.3 Å². The summed E-state index contributed by atoms with van der Waals surface area (Å²) in [4.78, 5) is 29.2. The van der Waals surface area contributed by atoms with E-state index in [0.29, 0.717) is 52.3 Å². The molecule has 1 aliphatic heterocycles. The van der Waals surface area contributed by atoms with Gasteiger partial charge in [-0.15, -0.1) is 0 Å². The van der Waals surface area contributed by atoms with Crippen LogP contribution in [0.15, 0.2) is 24.3 Å². The Hall–Kier alpha value is -2.16. The molecule has 1 fully saturated rings. The lowest BCUT2D eigenvalue weighted by Gasteiger charge is -2.33. The third-order valence-electron chi connectivity index (χ3n) is 5.52. The Labute approximate surface area is 192 Å². The van der Waals surface area contributed by atoms with E-state index in [4.69, 9.17) is 9.47 Å². The van der Waals surface area contributed by atoms with Crippen LogP contribution in [-0.2, 0) is 20.9 Å². The molecule has 0 radical (unpaired) electrons. The van der Waals surface area contributed by atoms with Gasteiger partial charge in [-0.2, -0.15) is 0 Å². The summed E-state index contributed by atoms with van der Waals surface area (Å²) < 4.78 is 10.5. The van der Waals surface area contributed by atoms with Crippen LogP contribution in [0.3, 0.4) is 0 Å². The van der Waals surface area contributed by atoms with Crippen LogP contribution in [-0.4, -0.2) is 82.3 Å². The van der Waals surface area contributed by atoms with E-state index in [-0.39, 0.29) is 23.3 Å². The molecule has 8 heteroatoms. The molecule has 0 spiro atoms. The Bertz CT molecular complexity index is 730. The summed E-state index contributed by atoms with van der Waals surface area (Å²) in [6, 6.07) is 7.52. The van der Waals surface area contributed by atoms with E-state index in [1.54, 1.807) is 12.0 Å². The third kappa shape index (κ3) is 9.14. The first-order chi connectivity index (χ1) is 15.2. The number of nitrogens with one attached hydrogen (secondary N) is 2. The summed E-state index contributed by atoms with van der Waals surface area (Å²) in [7, 11) is 5.72. The van der Waals surface area contributed by atoms with E-state index in [9.17, 15) is 9.59 Å². The first-order valence-electron chi connectivity index (χ1n) is 11.3. The molecule has 2 N–H and O–H groups in total. The van der Waals surface area contributed by atoms with Gasteiger partial charge >= 0.3 is 6.03 Å². The molecular formula is C24H40N4O4. The predicted molar refractivity (Wildman–Crippen MR) is 127 cm³/mol. The highest BCUT2D eigenvalue weighted by Crippen LogP contribution is 2.20. The molecule has 1 aliphatic rings. The molecule has 0 aromatic heterocycles. The topological polar surface area (TPSA) is 83.1 Å². The number of anilines is 1. The van der Waals surface area contributed by atoms with Crippen LogP contribution >= 0.6 is 0 Å². The van der Waals surface area contributed by atoms with Gasteiger partial charge in [-0.25, -0.2) is 4.79 Å². The Balaban J connectivity index is 1.76. The molecule has 32 heavy (non-hydrogen) atoms. The zero-order valence-corrected chi connectivity index (χ0v) is 20.3. The van der Waals surface area contributed by atoms with E-state index in [0.717, 1.165) is 17.8 Å². The molecule has 8 nitrogen and oxygen atoms in total. The first-order valence-corrected chi connectivity index (χ1v) is 11.3. The normalized spacial score (nSPS) is 15.1. The van der Waals surface area contributed by atoms with Gasteiger partial charge in [0.15, 0.2) is 0 Å². The van der Waals surface area contributed by atoms with Gasteiger partial charge in [0.1, 0.15) is 0 Å².